The van der Waals surface area contributed by atoms with E-state index in [1.165, 1.54) is 0 Å². The highest BCUT2D eigenvalue weighted by molar-refractivity contribution is 6.34. The highest BCUT2D eigenvalue weighted by Gasteiger charge is 2.31. The van der Waals surface area contributed by atoms with Crippen LogP contribution in [0.15, 0.2) is 72.8 Å². The van der Waals surface area contributed by atoms with Crippen molar-refractivity contribution < 1.29 is 18.0 Å². The van der Waals surface area contributed by atoms with Crippen LogP contribution in [0.4, 0.5) is 18.9 Å². The molecule has 0 saturated carbocycles. The number of rotatable bonds is 3. The molecule has 0 fully saturated rings. The summed E-state index contributed by atoms with van der Waals surface area (Å²) in [6.45, 7) is 1.88. The Hall–Kier alpha value is -3.38. The van der Waals surface area contributed by atoms with Crippen LogP contribution in [0.3, 0.4) is 0 Å². The first-order chi connectivity index (χ1) is 14.7. The molecule has 3 aromatic carbocycles. The lowest BCUT2D eigenvalue weighted by atomic mass is 10.0. The second-order valence-corrected chi connectivity index (χ2v) is 7.50. The van der Waals surface area contributed by atoms with Crippen molar-refractivity contribution in [2.45, 2.75) is 13.1 Å². The molecule has 1 heterocycles. The summed E-state index contributed by atoms with van der Waals surface area (Å²) in [6, 6.07) is 19.3. The van der Waals surface area contributed by atoms with Crippen molar-refractivity contribution in [1.82, 2.24) is 4.98 Å². The molecule has 31 heavy (non-hydrogen) atoms. The van der Waals surface area contributed by atoms with Crippen molar-refractivity contribution in [3.05, 3.63) is 94.5 Å². The van der Waals surface area contributed by atoms with Crippen LogP contribution in [0.2, 0.25) is 5.02 Å². The van der Waals surface area contributed by atoms with E-state index in [2.05, 4.69) is 10.3 Å². The number of nitrogens with one attached hydrogen (secondary N) is 1. The number of pyridine rings is 1. The largest absolute Gasteiger partial charge is 0.416 e. The van der Waals surface area contributed by atoms with Crippen molar-refractivity contribution >= 4 is 34.1 Å². The van der Waals surface area contributed by atoms with Crippen LogP contribution < -0.4 is 5.32 Å². The fourth-order valence-electron chi connectivity index (χ4n) is 3.27. The van der Waals surface area contributed by atoms with Gasteiger partial charge in [0, 0.05) is 10.9 Å². The number of hydrogen-bond donors (Lipinski definition) is 1. The third-order valence-corrected chi connectivity index (χ3v) is 5.15. The van der Waals surface area contributed by atoms with Crippen molar-refractivity contribution in [2.75, 3.05) is 5.32 Å². The summed E-state index contributed by atoms with van der Waals surface area (Å²) in [5.74, 6) is -0.573. The maximum Gasteiger partial charge on any atom is 0.416 e. The molecule has 0 bridgehead atoms. The monoisotopic (exact) mass is 440 g/mol. The molecule has 0 saturated heterocycles. The molecule has 0 aliphatic carbocycles. The standard InChI is InChI=1S/C24H16ClF3N2O/c1-14-7-10-20-17(11-14)18(13-21(29-20)15-5-3-2-4-6-15)23(31)30-22-12-16(24(26,27)28)8-9-19(22)25/h2-13H,1H3,(H,30,31). The van der Waals surface area contributed by atoms with Crippen molar-refractivity contribution in [1.29, 1.82) is 0 Å². The molecule has 0 aliphatic rings. The lowest BCUT2D eigenvalue weighted by molar-refractivity contribution is -0.137. The van der Waals surface area contributed by atoms with Gasteiger partial charge in [-0.25, -0.2) is 4.98 Å². The molecular weight excluding hydrogens is 425 g/mol. The zero-order chi connectivity index (χ0) is 22.2. The minimum atomic E-state index is -4.55. The number of alkyl halides is 3. The van der Waals surface area contributed by atoms with Crippen molar-refractivity contribution in [3.63, 3.8) is 0 Å². The number of aryl methyl sites for hydroxylation is 1. The third-order valence-electron chi connectivity index (χ3n) is 4.82. The maximum absolute atomic E-state index is 13.2. The van der Waals surface area contributed by atoms with E-state index in [0.29, 0.717) is 22.2 Å². The Morgan fingerprint density at radius 1 is 0.968 bits per heavy atom. The number of hydrogen-bond acceptors (Lipinski definition) is 2. The summed E-state index contributed by atoms with van der Waals surface area (Å²) in [6.07, 6.45) is -4.55. The Labute approximate surface area is 181 Å². The SMILES string of the molecule is Cc1ccc2nc(-c3ccccc3)cc(C(=O)Nc3cc(C(F)(F)F)ccc3Cl)c2c1. The first-order valence-corrected chi connectivity index (χ1v) is 9.75. The van der Waals surface area contributed by atoms with E-state index in [1.807, 2.05) is 55.5 Å². The van der Waals surface area contributed by atoms with E-state index < -0.39 is 17.6 Å². The number of halogens is 4. The quantitative estimate of drug-likeness (QED) is 0.368. The molecule has 1 amide bonds. The predicted octanol–water partition coefficient (Wildman–Crippen LogP) is 7.13. The number of nitrogens with zero attached hydrogens (tertiary/aromatic N) is 1. The topological polar surface area (TPSA) is 42.0 Å². The smallest absolute Gasteiger partial charge is 0.321 e. The van der Waals surface area contributed by atoms with Gasteiger partial charge in [0.25, 0.3) is 5.91 Å². The van der Waals surface area contributed by atoms with Crippen molar-refractivity contribution in [2.24, 2.45) is 0 Å². The lowest BCUT2D eigenvalue weighted by Gasteiger charge is -2.14. The van der Waals surface area contributed by atoms with Gasteiger partial charge in [0.1, 0.15) is 0 Å². The van der Waals surface area contributed by atoms with E-state index in [0.717, 1.165) is 29.3 Å². The van der Waals surface area contributed by atoms with Crippen LogP contribution >= 0.6 is 11.6 Å². The Morgan fingerprint density at radius 2 is 1.71 bits per heavy atom. The number of carbonyl (C=O) groups is 1. The molecule has 4 rings (SSSR count). The molecule has 0 unspecified atom stereocenters. The second-order valence-electron chi connectivity index (χ2n) is 7.09. The van der Waals surface area contributed by atoms with Crippen LogP contribution in [0, 0.1) is 6.92 Å². The van der Waals surface area contributed by atoms with Gasteiger partial charge in [0.2, 0.25) is 0 Å². The normalized spacial score (nSPS) is 11.5. The number of aromatic nitrogens is 1. The summed E-state index contributed by atoms with van der Waals surface area (Å²) >= 11 is 6.05. The maximum atomic E-state index is 13.2. The summed E-state index contributed by atoms with van der Waals surface area (Å²) < 4.78 is 39.3. The van der Waals surface area contributed by atoms with Gasteiger partial charge >= 0.3 is 6.18 Å². The minimum absolute atomic E-state index is 0.0131. The molecule has 0 aliphatic heterocycles. The molecule has 1 N–H and O–H groups in total. The minimum Gasteiger partial charge on any atom is -0.321 e. The fourth-order valence-corrected chi connectivity index (χ4v) is 3.44. The summed E-state index contributed by atoms with van der Waals surface area (Å²) in [5.41, 5.74) is 2.21. The van der Waals surface area contributed by atoms with Crippen LogP contribution in [0.1, 0.15) is 21.5 Å². The summed E-state index contributed by atoms with van der Waals surface area (Å²) in [7, 11) is 0. The number of fused-ring (bicyclic) bond motifs is 1. The molecule has 3 nitrogen and oxygen atoms in total. The first kappa shape index (κ1) is 20.9. The van der Waals surface area contributed by atoms with Gasteiger partial charge < -0.3 is 5.32 Å². The summed E-state index contributed by atoms with van der Waals surface area (Å²) in [5, 5.41) is 3.14. The second kappa shape index (κ2) is 8.04. The van der Waals surface area contributed by atoms with Crippen LogP contribution in [-0.2, 0) is 6.18 Å². The number of benzene rings is 3. The molecule has 0 atom stereocenters. The Kier molecular flexibility index (Phi) is 5.41. The van der Waals surface area contributed by atoms with Gasteiger partial charge in [-0.3, -0.25) is 4.79 Å². The van der Waals surface area contributed by atoms with Crippen LogP contribution in [0.5, 0.6) is 0 Å². The molecule has 1 aromatic heterocycles. The van der Waals surface area contributed by atoms with Gasteiger partial charge in [-0.1, -0.05) is 53.6 Å². The number of anilines is 1. The molecule has 7 heteroatoms. The number of carbonyl (C=O) groups excluding carboxylic acids is 1. The molecule has 0 radical (unpaired) electrons. The fraction of sp³-hybridized carbons (Fsp3) is 0.0833. The van der Waals surface area contributed by atoms with Crippen LogP contribution in [-0.4, -0.2) is 10.9 Å². The number of amides is 1. The molecule has 0 spiro atoms. The van der Waals surface area contributed by atoms with Crippen LogP contribution in [0.25, 0.3) is 22.2 Å². The Bertz CT molecular complexity index is 1290. The van der Waals surface area contributed by atoms with Gasteiger partial charge in [-0.15, -0.1) is 0 Å². The lowest BCUT2D eigenvalue weighted by Crippen LogP contribution is -2.14. The van der Waals surface area contributed by atoms with E-state index in [1.54, 1.807) is 6.07 Å². The average Bonchev–Trinajstić information content (AvgIpc) is 2.74. The highest BCUT2D eigenvalue weighted by atomic mass is 35.5. The summed E-state index contributed by atoms with van der Waals surface area (Å²) in [4.78, 5) is 17.8. The van der Waals surface area contributed by atoms with Gasteiger partial charge in [0.15, 0.2) is 0 Å². The Balaban J connectivity index is 1.82. The molecule has 156 valence electrons. The van der Waals surface area contributed by atoms with E-state index in [4.69, 9.17) is 11.6 Å². The molecular formula is C24H16ClF3N2O. The van der Waals surface area contributed by atoms with E-state index in [-0.39, 0.29) is 10.7 Å². The van der Waals surface area contributed by atoms with E-state index >= 15 is 0 Å². The Morgan fingerprint density at radius 3 is 2.42 bits per heavy atom. The molecule has 4 aromatic rings. The average molecular weight is 441 g/mol. The van der Waals surface area contributed by atoms with Gasteiger partial charge in [-0.2, -0.15) is 13.2 Å². The van der Waals surface area contributed by atoms with Crippen molar-refractivity contribution in [3.8, 4) is 11.3 Å². The van der Waals surface area contributed by atoms with Gasteiger partial charge in [0.05, 0.1) is 33.0 Å². The predicted molar refractivity (Wildman–Crippen MR) is 116 cm³/mol. The zero-order valence-corrected chi connectivity index (χ0v) is 17.1. The zero-order valence-electron chi connectivity index (χ0n) is 16.3. The highest BCUT2D eigenvalue weighted by Crippen LogP contribution is 2.34. The third kappa shape index (κ3) is 4.39. The van der Waals surface area contributed by atoms with Gasteiger partial charge in [-0.05, 0) is 43.3 Å². The van der Waals surface area contributed by atoms with E-state index in [9.17, 15) is 18.0 Å². The first-order valence-electron chi connectivity index (χ1n) is 9.37.